The molecule has 0 atom stereocenters. The number of Topliss-reactive ketones (excluding diaryl/α,β-unsaturated/α-hetero) is 1. The number of rotatable bonds is 5. The minimum absolute atomic E-state index is 0.0352. The first-order valence-electron chi connectivity index (χ1n) is 10.7. The van der Waals surface area contributed by atoms with E-state index in [0.29, 0.717) is 17.0 Å². The maximum Gasteiger partial charge on any atom is 0.168 e. The molecule has 2 heteroatoms. The maximum absolute atomic E-state index is 14.7. The molecule has 0 bridgehead atoms. The summed E-state index contributed by atoms with van der Waals surface area (Å²) >= 11 is 0. The SMILES string of the molecule is CCCC1CCC(c2ccc(-c3ccc(C(=O)C(C)(C)C)cc3F)cc2)CC1. The van der Waals surface area contributed by atoms with E-state index in [1.807, 2.05) is 32.9 Å². The molecular formula is C26H33FO. The number of hydrogen-bond acceptors (Lipinski definition) is 1. The van der Waals surface area contributed by atoms with Gasteiger partial charge in [-0.2, -0.15) is 0 Å². The lowest BCUT2D eigenvalue weighted by molar-refractivity contribution is 0.0858. The van der Waals surface area contributed by atoms with Crippen molar-refractivity contribution in [1.82, 2.24) is 0 Å². The third kappa shape index (κ3) is 4.71. The van der Waals surface area contributed by atoms with Crippen LogP contribution in [0.3, 0.4) is 0 Å². The van der Waals surface area contributed by atoms with Gasteiger partial charge in [-0.05, 0) is 54.7 Å². The van der Waals surface area contributed by atoms with Crippen LogP contribution in [0.1, 0.15) is 88.1 Å². The van der Waals surface area contributed by atoms with Gasteiger partial charge in [-0.3, -0.25) is 4.79 Å². The highest BCUT2D eigenvalue weighted by molar-refractivity contribution is 6.00. The first-order chi connectivity index (χ1) is 13.3. The smallest absolute Gasteiger partial charge is 0.168 e. The Balaban J connectivity index is 1.73. The summed E-state index contributed by atoms with van der Waals surface area (Å²) in [6, 6.07) is 13.2. The van der Waals surface area contributed by atoms with Gasteiger partial charge in [0.2, 0.25) is 0 Å². The standard InChI is InChI=1S/C26H33FO/c1-5-6-18-7-9-19(10-8-18)20-11-13-21(14-12-20)23-16-15-22(17-24(23)27)25(28)26(2,3)4/h11-19H,5-10H2,1-4H3. The highest BCUT2D eigenvalue weighted by Gasteiger charge is 2.24. The molecule has 0 aromatic heterocycles. The van der Waals surface area contributed by atoms with Crippen molar-refractivity contribution in [2.75, 3.05) is 0 Å². The van der Waals surface area contributed by atoms with E-state index >= 15 is 0 Å². The van der Waals surface area contributed by atoms with Gasteiger partial charge in [0, 0.05) is 16.5 Å². The summed E-state index contributed by atoms with van der Waals surface area (Å²) < 4.78 is 14.7. The van der Waals surface area contributed by atoms with E-state index in [1.165, 1.54) is 50.2 Å². The fourth-order valence-electron chi connectivity index (χ4n) is 4.45. The van der Waals surface area contributed by atoms with Crippen LogP contribution < -0.4 is 0 Å². The Hall–Kier alpha value is -1.96. The van der Waals surface area contributed by atoms with E-state index in [1.54, 1.807) is 12.1 Å². The molecule has 0 N–H and O–H groups in total. The zero-order valence-electron chi connectivity index (χ0n) is 17.7. The van der Waals surface area contributed by atoms with Crippen LogP contribution >= 0.6 is 0 Å². The van der Waals surface area contributed by atoms with E-state index in [2.05, 4.69) is 19.1 Å². The summed E-state index contributed by atoms with van der Waals surface area (Å²) in [6.45, 7) is 7.84. The summed E-state index contributed by atoms with van der Waals surface area (Å²) in [7, 11) is 0. The predicted molar refractivity (Wildman–Crippen MR) is 115 cm³/mol. The van der Waals surface area contributed by atoms with Crippen LogP contribution in [-0.4, -0.2) is 5.78 Å². The van der Waals surface area contributed by atoms with Gasteiger partial charge in [0.05, 0.1) is 0 Å². The quantitative estimate of drug-likeness (QED) is 0.484. The monoisotopic (exact) mass is 380 g/mol. The van der Waals surface area contributed by atoms with Gasteiger partial charge < -0.3 is 0 Å². The number of benzene rings is 2. The van der Waals surface area contributed by atoms with Crippen molar-refractivity contribution in [3.8, 4) is 11.1 Å². The molecule has 150 valence electrons. The molecular weight excluding hydrogens is 347 g/mol. The second-order valence-corrected chi connectivity index (χ2v) is 9.40. The topological polar surface area (TPSA) is 17.1 Å². The summed E-state index contributed by atoms with van der Waals surface area (Å²) in [5.74, 6) is 1.18. The minimum atomic E-state index is -0.508. The second kappa shape index (κ2) is 8.59. The molecule has 0 amide bonds. The third-order valence-electron chi connectivity index (χ3n) is 6.15. The lowest BCUT2D eigenvalue weighted by Gasteiger charge is -2.28. The van der Waals surface area contributed by atoms with E-state index in [-0.39, 0.29) is 11.6 Å². The lowest BCUT2D eigenvalue weighted by Crippen LogP contribution is -2.20. The zero-order valence-corrected chi connectivity index (χ0v) is 17.7. The Bertz CT molecular complexity index is 805. The largest absolute Gasteiger partial charge is 0.294 e. The van der Waals surface area contributed by atoms with Crippen molar-refractivity contribution in [3.05, 3.63) is 59.4 Å². The summed E-state index contributed by atoms with van der Waals surface area (Å²) in [4.78, 5) is 12.4. The minimum Gasteiger partial charge on any atom is -0.294 e. The Kier molecular flexibility index (Phi) is 6.37. The van der Waals surface area contributed by atoms with Gasteiger partial charge in [-0.15, -0.1) is 0 Å². The van der Waals surface area contributed by atoms with Gasteiger partial charge in [-0.25, -0.2) is 4.39 Å². The zero-order chi connectivity index (χ0) is 20.3. The van der Waals surface area contributed by atoms with Crippen LogP contribution in [0, 0.1) is 17.2 Å². The second-order valence-electron chi connectivity index (χ2n) is 9.40. The molecule has 1 aliphatic carbocycles. The van der Waals surface area contributed by atoms with Crippen molar-refractivity contribution in [2.24, 2.45) is 11.3 Å². The molecule has 2 aromatic rings. The molecule has 0 unspecified atom stereocenters. The summed E-state index contributed by atoms with van der Waals surface area (Å²) in [6.07, 6.45) is 7.84. The first-order valence-corrected chi connectivity index (χ1v) is 10.7. The van der Waals surface area contributed by atoms with E-state index in [9.17, 15) is 9.18 Å². The van der Waals surface area contributed by atoms with E-state index in [0.717, 1.165) is 11.5 Å². The van der Waals surface area contributed by atoms with Crippen LogP contribution in [0.25, 0.3) is 11.1 Å². The molecule has 3 rings (SSSR count). The molecule has 1 saturated carbocycles. The highest BCUT2D eigenvalue weighted by Crippen LogP contribution is 2.38. The number of carbonyl (C=O) groups is 1. The average Bonchev–Trinajstić information content (AvgIpc) is 2.68. The predicted octanol–water partition coefficient (Wildman–Crippen LogP) is 7.80. The number of halogens is 1. The van der Waals surface area contributed by atoms with E-state index in [4.69, 9.17) is 0 Å². The van der Waals surface area contributed by atoms with Crippen LogP contribution in [-0.2, 0) is 0 Å². The molecule has 0 heterocycles. The Morgan fingerprint density at radius 3 is 2.18 bits per heavy atom. The molecule has 0 saturated heterocycles. The summed E-state index contributed by atoms with van der Waals surface area (Å²) in [5, 5.41) is 0. The maximum atomic E-state index is 14.7. The van der Waals surface area contributed by atoms with Gasteiger partial charge in [0.25, 0.3) is 0 Å². The molecule has 0 spiro atoms. The van der Waals surface area contributed by atoms with Crippen molar-refractivity contribution in [1.29, 1.82) is 0 Å². The Labute approximate surface area is 169 Å². The molecule has 1 aliphatic rings. The highest BCUT2D eigenvalue weighted by atomic mass is 19.1. The van der Waals surface area contributed by atoms with Gasteiger partial charge >= 0.3 is 0 Å². The van der Waals surface area contributed by atoms with Gasteiger partial charge in [-0.1, -0.05) is 76.9 Å². The molecule has 0 radical (unpaired) electrons. The molecule has 1 fully saturated rings. The molecule has 28 heavy (non-hydrogen) atoms. The Morgan fingerprint density at radius 2 is 1.64 bits per heavy atom. The fraction of sp³-hybridized carbons (Fsp3) is 0.500. The van der Waals surface area contributed by atoms with Crippen molar-refractivity contribution < 1.29 is 9.18 Å². The lowest BCUT2D eigenvalue weighted by atomic mass is 9.77. The first kappa shape index (κ1) is 20.8. The fourth-order valence-corrected chi connectivity index (χ4v) is 4.45. The third-order valence-corrected chi connectivity index (χ3v) is 6.15. The normalized spacial score (nSPS) is 20.2. The average molecular weight is 381 g/mol. The molecule has 1 nitrogen and oxygen atoms in total. The molecule has 0 aliphatic heterocycles. The number of hydrogen-bond donors (Lipinski definition) is 0. The van der Waals surface area contributed by atoms with Crippen molar-refractivity contribution >= 4 is 5.78 Å². The van der Waals surface area contributed by atoms with Crippen LogP contribution in [0.4, 0.5) is 4.39 Å². The van der Waals surface area contributed by atoms with Crippen LogP contribution in [0.15, 0.2) is 42.5 Å². The van der Waals surface area contributed by atoms with Crippen LogP contribution in [0.5, 0.6) is 0 Å². The van der Waals surface area contributed by atoms with Gasteiger partial charge in [0.15, 0.2) is 5.78 Å². The van der Waals surface area contributed by atoms with E-state index < -0.39 is 5.41 Å². The Morgan fingerprint density at radius 1 is 1.00 bits per heavy atom. The van der Waals surface area contributed by atoms with Crippen molar-refractivity contribution in [2.45, 2.75) is 72.1 Å². The van der Waals surface area contributed by atoms with Crippen molar-refractivity contribution in [3.63, 3.8) is 0 Å². The number of carbonyl (C=O) groups excluding carboxylic acids is 1. The molecule has 2 aromatic carbocycles. The van der Waals surface area contributed by atoms with Gasteiger partial charge in [0.1, 0.15) is 5.82 Å². The van der Waals surface area contributed by atoms with Crippen LogP contribution in [0.2, 0.25) is 0 Å². The summed E-state index contributed by atoms with van der Waals surface area (Å²) in [5.41, 5.74) is 2.73. The number of ketones is 1.